The third-order valence-corrected chi connectivity index (χ3v) is 2.19. The highest BCUT2D eigenvalue weighted by Gasteiger charge is 2.21. The molecule has 0 aromatic carbocycles. The third kappa shape index (κ3) is 6.85. The summed E-state index contributed by atoms with van der Waals surface area (Å²) in [4.78, 5) is 33.7. The number of rotatable bonds is 7. The smallest absolute Gasteiger partial charge is 0.242 e. The van der Waals surface area contributed by atoms with Crippen LogP contribution in [0.4, 0.5) is 0 Å². The summed E-state index contributed by atoms with van der Waals surface area (Å²) in [6.45, 7) is 6.01. The van der Waals surface area contributed by atoms with E-state index in [2.05, 4.69) is 10.6 Å². The van der Waals surface area contributed by atoms with Crippen LogP contribution in [-0.2, 0) is 14.4 Å². The Balaban J connectivity index is 4.13. The molecular weight excluding hydrogens is 236 g/mol. The maximum atomic E-state index is 11.6. The molecule has 0 aliphatic rings. The summed E-state index contributed by atoms with van der Waals surface area (Å²) in [7, 11) is 0. The molecule has 2 unspecified atom stereocenters. The lowest BCUT2D eigenvalue weighted by Crippen LogP contribution is -2.51. The summed E-state index contributed by atoms with van der Waals surface area (Å²) in [5.74, 6) is -1.19. The van der Waals surface area contributed by atoms with Gasteiger partial charge in [-0.25, -0.2) is 0 Å². The standard InChI is InChI=1S/C11H22N4O3/c1-6(2)5-14-10(17)7(3)15-11(18)8(12)4-9(13)16/h6-8H,4-5,12H2,1-3H3,(H2,13,16)(H,14,17)(H,15,18). The van der Waals surface area contributed by atoms with E-state index in [1.165, 1.54) is 0 Å². The van der Waals surface area contributed by atoms with Crippen molar-refractivity contribution in [1.82, 2.24) is 10.6 Å². The van der Waals surface area contributed by atoms with Crippen molar-refractivity contribution in [3.05, 3.63) is 0 Å². The van der Waals surface area contributed by atoms with E-state index in [4.69, 9.17) is 11.5 Å². The number of nitrogens with two attached hydrogens (primary N) is 2. The highest BCUT2D eigenvalue weighted by atomic mass is 16.2. The quantitative estimate of drug-likeness (QED) is 0.441. The van der Waals surface area contributed by atoms with Gasteiger partial charge in [0.2, 0.25) is 17.7 Å². The fraction of sp³-hybridized carbons (Fsp3) is 0.727. The van der Waals surface area contributed by atoms with E-state index < -0.39 is 23.9 Å². The number of carbonyl (C=O) groups excluding carboxylic acids is 3. The van der Waals surface area contributed by atoms with E-state index in [-0.39, 0.29) is 12.3 Å². The number of nitrogens with one attached hydrogen (secondary N) is 2. The molecule has 0 aliphatic carbocycles. The second-order valence-electron chi connectivity index (χ2n) is 4.65. The predicted molar refractivity (Wildman–Crippen MR) is 67.2 cm³/mol. The van der Waals surface area contributed by atoms with Crippen LogP contribution in [0, 0.1) is 5.92 Å². The van der Waals surface area contributed by atoms with Gasteiger partial charge in [-0.3, -0.25) is 14.4 Å². The Labute approximate surface area is 107 Å². The highest BCUT2D eigenvalue weighted by Crippen LogP contribution is 1.92. The van der Waals surface area contributed by atoms with Crippen molar-refractivity contribution in [1.29, 1.82) is 0 Å². The van der Waals surface area contributed by atoms with E-state index in [9.17, 15) is 14.4 Å². The molecule has 2 atom stereocenters. The topological polar surface area (TPSA) is 127 Å². The van der Waals surface area contributed by atoms with Crippen LogP contribution in [0.2, 0.25) is 0 Å². The van der Waals surface area contributed by atoms with Crippen LogP contribution in [0.5, 0.6) is 0 Å². The fourth-order valence-corrected chi connectivity index (χ4v) is 1.15. The van der Waals surface area contributed by atoms with Crippen LogP contribution >= 0.6 is 0 Å². The monoisotopic (exact) mass is 258 g/mol. The zero-order valence-electron chi connectivity index (χ0n) is 11.0. The lowest BCUT2D eigenvalue weighted by atomic mass is 10.2. The average molecular weight is 258 g/mol. The summed E-state index contributed by atoms with van der Waals surface area (Å²) in [6, 6.07) is -1.72. The van der Waals surface area contributed by atoms with Crippen molar-refractivity contribution >= 4 is 17.7 Å². The van der Waals surface area contributed by atoms with Crippen LogP contribution in [0.25, 0.3) is 0 Å². The number of amides is 3. The first-order valence-electron chi connectivity index (χ1n) is 5.86. The summed E-state index contributed by atoms with van der Waals surface area (Å²) >= 11 is 0. The van der Waals surface area contributed by atoms with Crippen LogP contribution in [0.15, 0.2) is 0 Å². The Morgan fingerprint density at radius 3 is 2.11 bits per heavy atom. The van der Waals surface area contributed by atoms with Gasteiger partial charge < -0.3 is 22.1 Å². The molecule has 0 aromatic heterocycles. The molecule has 6 N–H and O–H groups in total. The molecule has 0 rings (SSSR count). The molecular formula is C11H22N4O3. The molecule has 0 aliphatic heterocycles. The lowest BCUT2D eigenvalue weighted by molar-refractivity contribution is -0.130. The maximum absolute atomic E-state index is 11.6. The average Bonchev–Trinajstić information content (AvgIpc) is 2.24. The maximum Gasteiger partial charge on any atom is 0.242 e. The van der Waals surface area contributed by atoms with Gasteiger partial charge in [-0.15, -0.1) is 0 Å². The molecule has 104 valence electrons. The zero-order valence-corrected chi connectivity index (χ0v) is 11.0. The first-order chi connectivity index (χ1) is 8.23. The van der Waals surface area contributed by atoms with Crippen molar-refractivity contribution in [2.24, 2.45) is 17.4 Å². The summed E-state index contributed by atoms with van der Waals surface area (Å²) in [5.41, 5.74) is 10.4. The molecule has 0 aromatic rings. The van der Waals surface area contributed by atoms with Crippen molar-refractivity contribution < 1.29 is 14.4 Å². The van der Waals surface area contributed by atoms with Crippen LogP contribution in [0.3, 0.4) is 0 Å². The van der Waals surface area contributed by atoms with E-state index >= 15 is 0 Å². The molecule has 18 heavy (non-hydrogen) atoms. The summed E-state index contributed by atoms with van der Waals surface area (Å²) in [6.07, 6.45) is -0.244. The van der Waals surface area contributed by atoms with Crippen LogP contribution in [0.1, 0.15) is 27.2 Å². The van der Waals surface area contributed by atoms with Gasteiger partial charge in [0.25, 0.3) is 0 Å². The van der Waals surface area contributed by atoms with Gasteiger partial charge in [0.15, 0.2) is 0 Å². The minimum atomic E-state index is -1.03. The molecule has 7 heteroatoms. The van der Waals surface area contributed by atoms with E-state index in [1.807, 2.05) is 13.8 Å². The number of primary amides is 1. The second-order valence-corrected chi connectivity index (χ2v) is 4.65. The molecule has 0 saturated carbocycles. The van der Waals surface area contributed by atoms with Gasteiger partial charge >= 0.3 is 0 Å². The summed E-state index contributed by atoms with van der Waals surface area (Å²) < 4.78 is 0. The molecule has 0 saturated heterocycles. The Kier molecular flexibility index (Phi) is 6.96. The largest absolute Gasteiger partial charge is 0.370 e. The number of hydrogen-bond donors (Lipinski definition) is 4. The molecule has 0 spiro atoms. The van der Waals surface area contributed by atoms with Crippen molar-refractivity contribution in [2.75, 3.05) is 6.54 Å². The van der Waals surface area contributed by atoms with Gasteiger partial charge in [0.1, 0.15) is 6.04 Å². The Bertz CT molecular complexity index is 317. The van der Waals surface area contributed by atoms with Gasteiger partial charge in [-0.05, 0) is 12.8 Å². The highest BCUT2D eigenvalue weighted by molar-refractivity contribution is 5.91. The molecule has 0 fully saturated rings. The van der Waals surface area contributed by atoms with Crippen molar-refractivity contribution in [3.63, 3.8) is 0 Å². The van der Waals surface area contributed by atoms with Gasteiger partial charge in [0, 0.05) is 6.54 Å². The van der Waals surface area contributed by atoms with Crippen LogP contribution < -0.4 is 22.1 Å². The molecule has 0 radical (unpaired) electrons. The molecule has 0 bridgehead atoms. The normalized spacial score (nSPS) is 13.8. The lowest BCUT2D eigenvalue weighted by Gasteiger charge is -2.17. The first-order valence-corrected chi connectivity index (χ1v) is 5.86. The van der Waals surface area contributed by atoms with Gasteiger partial charge in [0.05, 0.1) is 12.5 Å². The Hall–Kier alpha value is -1.63. The van der Waals surface area contributed by atoms with Crippen molar-refractivity contribution in [3.8, 4) is 0 Å². The second kappa shape index (κ2) is 7.65. The summed E-state index contributed by atoms with van der Waals surface area (Å²) in [5, 5.41) is 5.11. The zero-order chi connectivity index (χ0) is 14.3. The minimum Gasteiger partial charge on any atom is -0.370 e. The van der Waals surface area contributed by atoms with E-state index in [1.54, 1.807) is 6.92 Å². The number of hydrogen-bond acceptors (Lipinski definition) is 4. The molecule has 3 amide bonds. The Morgan fingerprint density at radius 1 is 1.11 bits per heavy atom. The molecule has 7 nitrogen and oxygen atoms in total. The first kappa shape index (κ1) is 16.4. The van der Waals surface area contributed by atoms with Crippen molar-refractivity contribution in [2.45, 2.75) is 39.3 Å². The SMILES string of the molecule is CC(C)CNC(=O)C(C)NC(=O)C(N)CC(N)=O. The van der Waals surface area contributed by atoms with Gasteiger partial charge in [-0.2, -0.15) is 0 Å². The van der Waals surface area contributed by atoms with Gasteiger partial charge in [-0.1, -0.05) is 13.8 Å². The predicted octanol–water partition coefficient (Wildman–Crippen LogP) is -1.53. The fourth-order valence-electron chi connectivity index (χ4n) is 1.15. The number of carbonyl (C=O) groups is 3. The minimum absolute atomic E-state index is 0.244. The molecule has 0 heterocycles. The van der Waals surface area contributed by atoms with E-state index in [0.717, 1.165) is 0 Å². The third-order valence-electron chi connectivity index (χ3n) is 2.19. The van der Waals surface area contributed by atoms with Crippen LogP contribution in [-0.4, -0.2) is 36.3 Å². The van der Waals surface area contributed by atoms with E-state index in [0.29, 0.717) is 12.5 Å². The Morgan fingerprint density at radius 2 is 1.67 bits per heavy atom.